The molecule has 10 rings (SSSR count). The molecule has 8 heterocycles. The number of hydrogen-bond acceptors (Lipinski definition) is 8. The van der Waals surface area contributed by atoms with E-state index in [-0.39, 0.29) is 16.7 Å². The van der Waals surface area contributed by atoms with Gasteiger partial charge in [0.25, 0.3) is 16.7 Å². The normalized spacial score (nSPS) is 13.5. The summed E-state index contributed by atoms with van der Waals surface area (Å²) in [6, 6.07) is 20.6. The number of nitrogens with one attached hydrogen (secondary N) is 3. The van der Waals surface area contributed by atoms with Crippen molar-refractivity contribution in [2.75, 3.05) is 6.54 Å². The smallest absolute Gasteiger partial charge is 0.254 e. The maximum Gasteiger partial charge on any atom is 0.254 e. The molecule has 1 fully saturated rings. The highest BCUT2D eigenvalue weighted by Crippen LogP contribution is 2.23. The van der Waals surface area contributed by atoms with Crippen molar-refractivity contribution in [3.63, 3.8) is 0 Å². The van der Waals surface area contributed by atoms with Crippen molar-refractivity contribution >= 4 is 28.1 Å². The van der Waals surface area contributed by atoms with Gasteiger partial charge in [-0.2, -0.15) is 16.4 Å². The van der Waals surface area contributed by atoms with Crippen molar-refractivity contribution in [3.05, 3.63) is 172 Å². The standard InChI is InChI=1S/2C11H15NO.C10H12N2.C8H15NO.C8H11NO.C7H10S.C6H9NO/c1-8(2)10-6-5-9-4-3-7-12(9)11(10)13;1-7(2)9-6-8-4-3-5-10(8)12-11(9)13;1-7(2)10-8-5-3-4-6-9(8)11-12-10;1-7(2)9-6-4-3-5-8(9)10;1-6(2)7-4-3-5-9-8(7)10;1-6(2)7-3-4-8-5-7;1-5(2)6-3-7-8-4-6/h5-6,8H,3-4,7H2,1-2H3;6-7H,3-5H2,1-2H3,(H,12,13);3-7H,1-2H3,(H,11,12);7H,3-6H2,1-2H3;3-6H,1-2H3,(H,9,10);3-6H,1-2H3;3-5H,1-2H3. The number of aromatic nitrogens is 6. The minimum absolute atomic E-state index is 0.0255. The number of aromatic amines is 3. The minimum atomic E-state index is 0.0255. The Labute approximate surface area is 444 Å². The van der Waals surface area contributed by atoms with E-state index in [1.807, 2.05) is 59.7 Å². The zero-order chi connectivity index (χ0) is 54.5. The number of hydrogen-bond donors (Lipinski definition) is 3. The van der Waals surface area contributed by atoms with E-state index in [2.05, 4.69) is 148 Å². The summed E-state index contributed by atoms with van der Waals surface area (Å²) in [6.45, 7) is 31.3. The van der Waals surface area contributed by atoms with E-state index >= 15 is 0 Å². The highest BCUT2D eigenvalue weighted by molar-refractivity contribution is 7.08. The van der Waals surface area contributed by atoms with Gasteiger partial charge in [-0.15, -0.1) is 0 Å². The van der Waals surface area contributed by atoms with Crippen molar-refractivity contribution in [2.24, 2.45) is 0 Å². The average molecular weight is 1030 g/mol. The number of pyridine rings is 3. The number of benzene rings is 1. The Bertz CT molecular complexity index is 2860. The van der Waals surface area contributed by atoms with Crippen LogP contribution in [-0.2, 0) is 30.6 Å². The van der Waals surface area contributed by atoms with Crippen LogP contribution in [0.4, 0.5) is 0 Å². The lowest BCUT2D eigenvalue weighted by atomic mass is 10.0. The Morgan fingerprint density at radius 2 is 1.32 bits per heavy atom. The van der Waals surface area contributed by atoms with E-state index in [1.54, 1.807) is 30.0 Å². The zero-order valence-electron chi connectivity index (χ0n) is 47.0. The molecule has 74 heavy (non-hydrogen) atoms. The molecular weight excluding hydrogens is 943 g/mol. The van der Waals surface area contributed by atoms with Gasteiger partial charge in [-0.25, -0.2) is 0 Å². The number of piperidine rings is 1. The molecule has 0 saturated carbocycles. The fourth-order valence-electron chi connectivity index (χ4n) is 8.70. The second-order valence-electron chi connectivity index (χ2n) is 21.4. The first kappa shape index (κ1) is 60.5. The molecule has 0 atom stereocenters. The van der Waals surface area contributed by atoms with E-state index < -0.39 is 0 Å². The Hall–Kier alpha value is -6.08. The van der Waals surface area contributed by atoms with E-state index in [1.165, 1.54) is 40.7 Å². The number of rotatable bonds is 7. The average Bonchev–Trinajstić information content (AvgIpc) is 4.23. The van der Waals surface area contributed by atoms with E-state index in [9.17, 15) is 19.2 Å². The summed E-state index contributed by atoms with van der Waals surface area (Å²) in [7, 11) is 0. The molecule has 3 aliphatic rings. The number of likely N-dealkylation sites (tertiary alicyclic amines) is 1. The summed E-state index contributed by atoms with van der Waals surface area (Å²) in [4.78, 5) is 53.2. The second kappa shape index (κ2) is 30.3. The summed E-state index contributed by atoms with van der Waals surface area (Å²) in [5.41, 5.74) is 11.7. The first-order valence-corrected chi connectivity index (χ1v) is 27.9. The maximum absolute atomic E-state index is 11.9. The number of amides is 1. The molecule has 1 aliphatic carbocycles. The summed E-state index contributed by atoms with van der Waals surface area (Å²) < 4.78 is 6.55. The van der Waals surface area contributed by atoms with Crippen LogP contribution in [0.3, 0.4) is 0 Å². The van der Waals surface area contributed by atoms with E-state index in [4.69, 9.17) is 0 Å². The molecule has 0 spiro atoms. The first-order chi connectivity index (χ1) is 35.2. The van der Waals surface area contributed by atoms with Crippen LogP contribution in [0.25, 0.3) is 10.9 Å². The third-order valence-electron chi connectivity index (χ3n) is 13.3. The molecule has 7 aromatic rings. The van der Waals surface area contributed by atoms with Gasteiger partial charge in [0.05, 0.1) is 11.7 Å². The molecule has 402 valence electrons. The molecule has 0 bridgehead atoms. The quantitative estimate of drug-likeness (QED) is 0.143. The van der Waals surface area contributed by atoms with E-state index in [0.29, 0.717) is 47.5 Å². The van der Waals surface area contributed by atoms with Gasteiger partial charge in [0.1, 0.15) is 6.26 Å². The number of carbonyl (C=O) groups is 1. The van der Waals surface area contributed by atoms with Gasteiger partial charge in [0.15, 0.2) is 0 Å². The highest BCUT2D eigenvalue weighted by atomic mass is 32.1. The van der Waals surface area contributed by atoms with Crippen LogP contribution < -0.4 is 16.7 Å². The lowest BCUT2D eigenvalue weighted by Gasteiger charge is -2.30. The Kier molecular flexibility index (Phi) is 24.8. The largest absolute Gasteiger partial charge is 0.364 e. The second-order valence-corrected chi connectivity index (χ2v) is 22.2. The SMILES string of the molecule is CC(C)N1CCCCC1=O.CC(C)c1[nH]nc2ccccc12.CC(C)c1cc2c([nH]c1=O)CCC2.CC(C)c1ccc2n(c1=O)CCC2.CC(C)c1ccc[nH]c1=O.CC(C)c1ccsc1.CC(C)c1cnoc1. The number of nitrogens with zero attached hydrogens (tertiary/aromatic N) is 4. The maximum atomic E-state index is 11.9. The van der Waals surface area contributed by atoms with Crippen LogP contribution in [0.2, 0.25) is 0 Å². The fourth-order valence-corrected chi connectivity index (χ4v) is 9.52. The minimum Gasteiger partial charge on any atom is -0.364 e. The summed E-state index contributed by atoms with van der Waals surface area (Å²) in [6.07, 6.45) is 13.6. The molecule has 2 aliphatic heterocycles. The van der Waals surface area contributed by atoms with Gasteiger partial charge in [-0.3, -0.25) is 24.3 Å². The van der Waals surface area contributed by atoms with Gasteiger partial charge >= 0.3 is 0 Å². The predicted octanol–water partition coefficient (Wildman–Crippen LogP) is 14.2. The Morgan fingerprint density at radius 3 is 1.85 bits per heavy atom. The van der Waals surface area contributed by atoms with Crippen LogP contribution >= 0.6 is 11.3 Å². The number of carbonyl (C=O) groups excluding carboxylic acids is 1. The summed E-state index contributed by atoms with van der Waals surface area (Å²) in [5.74, 6) is 3.05. The monoisotopic (exact) mass is 1030 g/mol. The van der Waals surface area contributed by atoms with Gasteiger partial charge in [-0.1, -0.05) is 119 Å². The number of fused-ring (bicyclic) bond motifs is 3. The van der Waals surface area contributed by atoms with Crippen molar-refractivity contribution in [3.8, 4) is 0 Å². The number of H-pyrrole nitrogens is 3. The van der Waals surface area contributed by atoms with Crippen LogP contribution in [0.1, 0.15) is 215 Å². The summed E-state index contributed by atoms with van der Waals surface area (Å²) in [5, 5.41) is 16.4. The van der Waals surface area contributed by atoms with Crippen molar-refractivity contribution in [2.45, 2.75) is 196 Å². The molecule has 3 N–H and O–H groups in total. The molecule has 13 heteroatoms. The molecule has 0 radical (unpaired) electrons. The number of para-hydroxylation sites is 1. The molecular formula is C61H87N7O5S. The third kappa shape index (κ3) is 18.4. The molecule has 12 nitrogen and oxygen atoms in total. The molecule has 6 aromatic heterocycles. The van der Waals surface area contributed by atoms with Gasteiger partial charge in [0.2, 0.25) is 5.91 Å². The van der Waals surface area contributed by atoms with Crippen molar-refractivity contribution in [1.82, 2.24) is 34.8 Å². The molecule has 1 amide bonds. The van der Waals surface area contributed by atoms with Gasteiger partial charge < -0.3 is 24.0 Å². The third-order valence-corrected chi connectivity index (χ3v) is 14.0. The van der Waals surface area contributed by atoms with Crippen LogP contribution in [0, 0.1) is 0 Å². The highest BCUT2D eigenvalue weighted by Gasteiger charge is 2.20. The molecule has 1 aromatic carbocycles. The number of thiophene rings is 1. The van der Waals surface area contributed by atoms with Gasteiger partial charge in [0, 0.05) is 76.5 Å². The fraction of sp³-hybridized carbons (Fsp3) is 0.508. The number of aryl methyl sites for hydroxylation is 3. The Morgan fingerprint density at radius 1 is 0.622 bits per heavy atom. The van der Waals surface area contributed by atoms with Crippen LogP contribution in [0.15, 0.2) is 109 Å². The van der Waals surface area contributed by atoms with Gasteiger partial charge in [-0.05, 0) is 147 Å². The molecule has 0 unspecified atom stereocenters. The topological polar surface area (TPSA) is 163 Å². The van der Waals surface area contributed by atoms with Crippen LogP contribution in [0.5, 0.6) is 0 Å². The van der Waals surface area contributed by atoms with Crippen molar-refractivity contribution < 1.29 is 9.32 Å². The lowest BCUT2D eigenvalue weighted by molar-refractivity contribution is -0.135. The predicted molar refractivity (Wildman–Crippen MR) is 307 cm³/mol. The first-order valence-electron chi connectivity index (χ1n) is 27.0. The van der Waals surface area contributed by atoms with E-state index in [0.717, 1.165) is 85.1 Å². The van der Waals surface area contributed by atoms with Crippen molar-refractivity contribution in [1.29, 1.82) is 0 Å². The zero-order valence-corrected chi connectivity index (χ0v) is 47.8. The lowest BCUT2D eigenvalue weighted by Crippen LogP contribution is -2.40. The summed E-state index contributed by atoms with van der Waals surface area (Å²) >= 11 is 1.77. The Balaban J connectivity index is 0.000000188. The van der Waals surface area contributed by atoms with Crippen LogP contribution in [-0.4, -0.2) is 53.3 Å². The molecule has 1 saturated heterocycles.